The lowest BCUT2D eigenvalue weighted by atomic mass is 10.1. The quantitative estimate of drug-likeness (QED) is 0.669. The summed E-state index contributed by atoms with van der Waals surface area (Å²) in [6.07, 6.45) is 0. The van der Waals surface area contributed by atoms with Gasteiger partial charge in [-0.05, 0) is 38.2 Å². The third kappa shape index (κ3) is 4.39. The van der Waals surface area contributed by atoms with Gasteiger partial charge in [-0.3, -0.25) is 4.79 Å². The number of aryl methyl sites for hydroxylation is 1. The summed E-state index contributed by atoms with van der Waals surface area (Å²) in [6.45, 7) is 1.99. The van der Waals surface area contributed by atoms with E-state index in [-0.39, 0.29) is 22.9 Å². The lowest BCUT2D eigenvalue weighted by Crippen LogP contribution is -2.24. The minimum absolute atomic E-state index is 0.0113. The van der Waals surface area contributed by atoms with Crippen molar-refractivity contribution < 1.29 is 17.7 Å². The van der Waals surface area contributed by atoms with E-state index >= 15 is 0 Å². The van der Waals surface area contributed by atoms with E-state index in [1.54, 1.807) is 0 Å². The second-order valence-corrected chi connectivity index (χ2v) is 7.69. The number of hydrogen-bond donors (Lipinski definition) is 2. The van der Waals surface area contributed by atoms with Crippen LogP contribution < -0.4 is 10.0 Å². The molecule has 0 saturated heterocycles. The molecule has 0 bridgehead atoms. The van der Waals surface area contributed by atoms with Crippen LogP contribution in [0.25, 0.3) is 11.4 Å². The fourth-order valence-corrected chi connectivity index (χ4v) is 3.18. The van der Waals surface area contributed by atoms with Crippen LogP contribution in [-0.4, -0.2) is 31.5 Å². The van der Waals surface area contributed by atoms with Crippen molar-refractivity contribution in [1.29, 1.82) is 0 Å². The summed E-state index contributed by atoms with van der Waals surface area (Å²) in [5.74, 6) is 0.238. The topological polar surface area (TPSA) is 114 Å². The van der Waals surface area contributed by atoms with Crippen molar-refractivity contribution in [2.24, 2.45) is 0 Å². The van der Waals surface area contributed by atoms with E-state index in [2.05, 4.69) is 20.2 Å². The molecule has 0 spiro atoms. The number of carbonyl (C=O) groups excluding carboxylic acids is 1. The van der Waals surface area contributed by atoms with Gasteiger partial charge in [0.15, 0.2) is 0 Å². The molecule has 0 atom stereocenters. The number of rotatable bonds is 6. The highest BCUT2D eigenvalue weighted by molar-refractivity contribution is 7.89. The molecule has 0 aliphatic heterocycles. The van der Waals surface area contributed by atoms with Gasteiger partial charge in [0.1, 0.15) is 0 Å². The van der Waals surface area contributed by atoms with Gasteiger partial charge in [0.05, 0.1) is 11.4 Å². The average molecular weight is 386 g/mol. The fraction of sp³-hybridized carbons (Fsp3) is 0.167. The molecule has 0 radical (unpaired) electrons. The van der Waals surface area contributed by atoms with Crippen LogP contribution in [0.5, 0.6) is 0 Å². The Labute approximate surface area is 156 Å². The first kappa shape index (κ1) is 18.7. The summed E-state index contributed by atoms with van der Waals surface area (Å²) in [6, 6.07) is 13.4. The fourth-order valence-electron chi connectivity index (χ4n) is 2.41. The molecule has 0 saturated carbocycles. The van der Waals surface area contributed by atoms with Gasteiger partial charge in [0.25, 0.3) is 5.91 Å². The van der Waals surface area contributed by atoms with Gasteiger partial charge < -0.3 is 9.84 Å². The van der Waals surface area contributed by atoms with Crippen LogP contribution in [0.2, 0.25) is 0 Å². The Morgan fingerprint density at radius 1 is 1.15 bits per heavy atom. The predicted octanol–water partition coefficient (Wildman–Crippen LogP) is 1.88. The Hall–Kier alpha value is -3.04. The number of amides is 1. The number of carbonyl (C=O) groups is 1. The molecular formula is C18H18N4O4S. The average Bonchev–Trinajstić information content (AvgIpc) is 3.15. The number of hydrogen-bond acceptors (Lipinski definition) is 6. The van der Waals surface area contributed by atoms with Crippen molar-refractivity contribution in [2.45, 2.75) is 18.4 Å². The summed E-state index contributed by atoms with van der Waals surface area (Å²) in [7, 11) is -2.31. The van der Waals surface area contributed by atoms with Crippen LogP contribution in [-0.2, 0) is 16.6 Å². The van der Waals surface area contributed by atoms with Crippen LogP contribution >= 0.6 is 0 Å². The van der Waals surface area contributed by atoms with Crippen LogP contribution in [0.1, 0.15) is 21.8 Å². The molecule has 3 rings (SSSR count). The standard InChI is InChI=1S/C18H18N4O4S/c1-12-5-3-6-13(9-12)17-21-16(26-22-17)11-20-18(23)14-7-4-8-15(10-14)27(24,25)19-2/h3-10,19H,11H2,1-2H3,(H,20,23). The van der Waals surface area contributed by atoms with E-state index in [0.717, 1.165) is 11.1 Å². The molecule has 0 aliphatic carbocycles. The number of nitrogens with one attached hydrogen (secondary N) is 2. The van der Waals surface area contributed by atoms with Crippen LogP contribution in [0.4, 0.5) is 0 Å². The largest absolute Gasteiger partial charge is 0.343 e. The smallest absolute Gasteiger partial charge is 0.251 e. The summed E-state index contributed by atoms with van der Waals surface area (Å²) < 4.78 is 31.1. The van der Waals surface area contributed by atoms with Gasteiger partial charge in [0.2, 0.25) is 21.7 Å². The van der Waals surface area contributed by atoms with E-state index in [1.807, 2.05) is 31.2 Å². The lowest BCUT2D eigenvalue weighted by molar-refractivity contribution is 0.0946. The second kappa shape index (κ2) is 7.68. The van der Waals surface area contributed by atoms with E-state index in [0.29, 0.717) is 5.82 Å². The van der Waals surface area contributed by atoms with E-state index in [4.69, 9.17) is 4.52 Å². The molecule has 8 nitrogen and oxygen atoms in total. The highest BCUT2D eigenvalue weighted by atomic mass is 32.2. The molecule has 0 fully saturated rings. The molecule has 140 valence electrons. The van der Waals surface area contributed by atoms with Gasteiger partial charge in [0, 0.05) is 11.1 Å². The SMILES string of the molecule is CNS(=O)(=O)c1cccc(C(=O)NCc2nc(-c3cccc(C)c3)no2)c1. The van der Waals surface area contributed by atoms with E-state index in [9.17, 15) is 13.2 Å². The molecule has 2 N–H and O–H groups in total. The normalized spacial score (nSPS) is 11.3. The summed E-state index contributed by atoms with van der Waals surface area (Å²) in [5, 5.41) is 6.55. The number of sulfonamides is 1. The zero-order valence-corrected chi connectivity index (χ0v) is 15.6. The first-order valence-corrected chi connectivity index (χ1v) is 9.59. The first-order chi connectivity index (χ1) is 12.9. The van der Waals surface area contributed by atoms with Gasteiger partial charge in [-0.1, -0.05) is 35.0 Å². The molecule has 1 aromatic heterocycles. The molecule has 0 aliphatic rings. The molecular weight excluding hydrogens is 368 g/mol. The maximum absolute atomic E-state index is 12.3. The second-order valence-electron chi connectivity index (χ2n) is 5.80. The first-order valence-electron chi connectivity index (χ1n) is 8.10. The van der Waals surface area contributed by atoms with Crippen molar-refractivity contribution in [3.8, 4) is 11.4 Å². The van der Waals surface area contributed by atoms with Crippen LogP contribution in [0, 0.1) is 6.92 Å². The maximum Gasteiger partial charge on any atom is 0.251 e. The molecule has 2 aromatic carbocycles. The molecule has 0 unspecified atom stereocenters. The molecule has 3 aromatic rings. The van der Waals surface area contributed by atoms with Gasteiger partial charge in [-0.25, -0.2) is 13.1 Å². The Bertz CT molecular complexity index is 1080. The maximum atomic E-state index is 12.3. The monoisotopic (exact) mass is 386 g/mol. The Morgan fingerprint density at radius 3 is 2.67 bits per heavy atom. The van der Waals surface area contributed by atoms with Crippen LogP contribution in [0.3, 0.4) is 0 Å². The van der Waals surface area contributed by atoms with Gasteiger partial charge >= 0.3 is 0 Å². The van der Waals surface area contributed by atoms with Crippen molar-refractivity contribution in [2.75, 3.05) is 7.05 Å². The molecule has 1 amide bonds. The molecule has 1 heterocycles. The summed E-state index contributed by atoms with van der Waals surface area (Å²) in [4.78, 5) is 16.6. The number of aromatic nitrogens is 2. The predicted molar refractivity (Wildman–Crippen MR) is 98.3 cm³/mol. The Kier molecular flexibility index (Phi) is 5.33. The van der Waals surface area contributed by atoms with Crippen LogP contribution in [0.15, 0.2) is 57.9 Å². The van der Waals surface area contributed by atoms with E-state index < -0.39 is 15.9 Å². The lowest BCUT2D eigenvalue weighted by Gasteiger charge is -2.06. The minimum Gasteiger partial charge on any atom is -0.343 e. The van der Waals surface area contributed by atoms with Crippen molar-refractivity contribution >= 4 is 15.9 Å². The van der Waals surface area contributed by atoms with Gasteiger partial charge in [-0.15, -0.1) is 0 Å². The van der Waals surface area contributed by atoms with Crippen molar-refractivity contribution in [3.63, 3.8) is 0 Å². The zero-order valence-electron chi connectivity index (χ0n) is 14.8. The van der Waals surface area contributed by atoms with Crippen molar-refractivity contribution in [3.05, 3.63) is 65.5 Å². The molecule has 27 heavy (non-hydrogen) atoms. The number of nitrogens with zero attached hydrogens (tertiary/aromatic N) is 2. The van der Waals surface area contributed by atoms with Gasteiger partial charge in [-0.2, -0.15) is 4.98 Å². The minimum atomic E-state index is -3.62. The third-order valence-corrected chi connectivity index (χ3v) is 5.23. The summed E-state index contributed by atoms with van der Waals surface area (Å²) >= 11 is 0. The zero-order chi connectivity index (χ0) is 19.4. The Balaban J connectivity index is 1.69. The summed E-state index contributed by atoms with van der Waals surface area (Å²) in [5.41, 5.74) is 2.11. The number of benzene rings is 2. The Morgan fingerprint density at radius 2 is 1.93 bits per heavy atom. The van der Waals surface area contributed by atoms with Crippen molar-refractivity contribution in [1.82, 2.24) is 20.2 Å². The highest BCUT2D eigenvalue weighted by Crippen LogP contribution is 2.17. The highest BCUT2D eigenvalue weighted by Gasteiger charge is 2.15. The molecule has 9 heteroatoms. The third-order valence-electron chi connectivity index (χ3n) is 3.82. The van der Waals surface area contributed by atoms with E-state index in [1.165, 1.54) is 31.3 Å².